The average molecular weight is 347 g/mol. The SMILES string of the molecule is CCNS(=O)(=O)c1ccc2c(=O)c3cc(C(=O)O)ccc3oc2c1. The highest BCUT2D eigenvalue weighted by Crippen LogP contribution is 2.22. The Morgan fingerprint density at radius 1 is 1.12 bits per heavy atom. The lowest BCUT2D eigenvalue weighted by Gasteiger charge is -2.06. The summed E-state index contributed by atoms with van der Waals surface area (Å²) in [5.41, 5.74) is -0.132. The molecule has 0 spiro atoms. The molecule has 124 valence electrons. The lowest BCUT2D eigenvalue weighted by atomic mass is 10.1. The average Bonchev–Trinajstić information content (AvgIpc) is 2.54. The Labute approximate surface area is 136 Å². The van der Waals surface area contributed by atoms with Crippen LogP contribution in [0.5, 0.6) is 0 Å². The van der Waals surface area contributed by atoms with Gasteiger partial charge in [0.15, 0.2) is 0 Å². The van der Waals surface area contributed by atoms with Gasteiger partial charge >= 0.3 is 5.97 Å². The van der Waals surface area contributed by atoms with Gasteiger partial charge in [-0.1, -0.05) is 6.92 Å². The van der Waals surface area contributed by atoms with Gasteiger partial charge in [0.2, 0.25) is 15.5 Å². The Bertz CT molecular complexity index is 1130. The van der Waals surface area contributed by atoms with Crippen molar-refractivity contribution in [1.29, 1.82) is 0 Å². The molecule has 0 atom stereocenters. The Balaban J connectivity index is 2.30. The number of hydrogen-bond donors (Lipinski definition) is 2. The molecule has 0 fully saturated rings. The fourth-order valence-corrected chi connectivity index (χ4v) is 3.46. The third-order valence-corrected chi connectivity index (χ3v) is 5.08. The largest absolute Gasteiger partial charge is 0.478 e. The second kappa shape index (κ2) is 5.73. The van der Waals surface area contributed by atoms with E-state index in [1.165, 1.54) is 36.4 Å². The van der Waals surface area contributed by atoms with Crippen LogP contribution < -0.4 is 10.2 Å². The maximum atomic E-state index is 12.5. The minimum Gasteiger partial charge on any atom is -0.478 e. The fourth-order valence-electron chi connectivity index (χ4n) is 2.41. The van der Waals surface area contributed by atoms with Crippen molar-refractivity contribution in [2.75, 3.05) is 6.54 Å². The van der Waals surface area contributed by atoms with Gasteiger partial charge in [-0.05, 0) is 30.3 Å². The first-order valence-corrected chi connectivity index (χ1v) is 8.55. The smallest absolute Gasteiger partial charge is 0.335 e. The molecule has 2 aromatic carbocycles. The third kappa shape index (κ3) is 2.66. The van der Waals surface area contributed by atoms with Gasteiger partial charge in [0, 0.05) is 12.6 Å². The molecular formula is C16H13NO6S. The Kier molecular flexibility index (Phi) is 3.86. The first-order chi connectivity index (χ1) is 11.3. The topological polar surface area (TPSA) is 114 Å². The molecule has 2 N–H and O–H groups in total. The van der Waals surface area contributed by atoms with Crippen LogP contribution in [-0.2, 0) is 10.0 Å². The standard InChI is InChI=1S/C16H13NO6S/c1-2-17-24(21,22)10-4-5-11-14(8-10)23-13-6-3-9(16(19)20)7-12(13)15(11)18/h3-8,17H,2H2,1H3,(H,19,20). The molecule has 0 amide bonds. The molecule has 1 aromatic heterocycles. The van der Waals surface area contributed by atoms with Gasteiger partial charge in [0.25, 0.3) is 0 Å². The third-order valence-electron chi connectivity index (χ3n) is 3.53. The van der Waals surface area contributed by atoms with Crippen molar-refractivity contribution in [3.05, 3.63) is 52.2 Å². The van der Waals surface area contributed by atoms with E-state index in [0.717, 1.165) is 0 Å². The fraction of sp³-hybridized carbons (Fsp3) is 0.125. The quantitative estimate of drug-likeness (QED) is 0.697. The van der Waals surface area contributed by atoms with Crippen LogP contribution in [0.15, 0.2) is 50.5 Å². The lowest BCUT2D eigenvalue weighted by Crippen LogP contribution is -2.23. The second-order valence-corrected chi connectivity index (χ2v) is 6.87. The van der Waals surface area contributed by atoms with Crippen LogP contribution in [0.2, 0.25) is 0 Å². The van der Waals surface area contributed by atoms with Gasteiger partial charge in [-0.25, -0.2) is 17.9 Å². The van der Waals surface area contributed by atoms with Crippen LogP contribution in [0.3, 0.4) is 0 Å². The summed E-state index contributed by atoms with van der Waals surface area (Å²) in [5.74, 6) is -1.15. The summed E-state index contributed by atoms with van der Waals surface area (Å²) in [6, 6.07) is 7.89. The molecular weight excluding hydrogens is 334 g/mol. The molecule has 7 nitrogen and oxygen atoms in total. The zero-order valence-corrected chi connectivity index (χ0v) is 13.4. The van der Waals surface area contributed by atoms with E-state index in [1.807, 2.05) is 0 Å². The van der Waals surface area contributed by atoms with Crippen molar-refractivity contribution in [3.63, 3.8) is 0 Å². The molecule has 0 saturated heterocycles. The molecule has 0 radical (unpaired) electrons. The van der Waals surface area contributed by atoms with E-state index in [0.29, 0.717) is 0 Å². The number of carbonyl (C=O) groups is 1. The molecule has 0 aliphatic rings. The number of nitrogens with one attached hydrogen (secondary N) is 1. The molecule has 8 heteroatoms. The molecule has 0 bridgehead atoms. The Morgan fingerprint density at radius 2 is 1.88 bits per heavy atom. The minimum absolute atomic E-state index is 0.0125. The van der Waals surface area contributed by atoms with Crippen molar-refractivity contribution in [3.8, 4) is 0 Å². The van der Waals surface area contributed by atoms with Crippen molar-refractivity contribution >= 4 is 37.9 Å². The monoisotopic (exact) mass is 347 g/mol. The summed E-state index contributed by atoms with van der Waals surface area (Å²) in [6.07, 6.45) is 0. The second-order valence-electron chi connectivity index (χ2n) is 5.11. The highest BCUT2D eigenvalue weighted by molar-refractivity contribution is 7.89. The molecule has 0 unspecified atom stereocenters. The number of rotatable bonds is 4. The van der Waals surface area contributed by atoms with Crippen LogP contribution in [0.4, 0.5) is 0 Å². The highest BCUT2D eigenvalue weighted by atomic mass is 32.2. The first kappa shape index (κ1) is 16.2. The van der Waals surface area contributed by atoms with Crippen molar-refractivity contribution in [2.45, 2.75) is 11.8 Å². The maximum Gasteiger partial charge on any atom is 0.335 e. The molecule has 0 aliphatic heterocycles. The van der Waals surface area contributed by atoms with Gasteiger partial charge in [0.1, 0.15) is 11.2 Å². The van der Waals surface area contributed by atoms with Gasteiger partial charge in [-0.3, -0.25) is 4.79 Å². The van der Waals surface area contributed by atoms with Crippen LogP contribution in [0.25, 0.3) is 21.9 Å². The van der Waals surface area contributed by atoms with E-state index in [2.05, 4.69) is 4.72 Å². The van der Waals surface area contributed by atoms with E-state index in [1.54, 1.807) is 6.92 Å². The summed E-state index contributed by atoms with van der Waals surface area (Å²) in [7, 11) is -3.68. The molecule has 3 aromatic rings. The summed E-state index contributed by atoms with van der Waals surface area (Å²) in [4.78, 5) is 23.5. The number of fused-ring (bicyclic) bond motifs is 2. The van der Waals surface area contributed by atoms with Crippen molar-refractivity contribution < 1.29 is 22.7 Å². The number of carboxylic acid groups (broad SMARTS) is 1. The van der Waals surface area contributed by atoms with Crippen LogP contribution in [-0.4, -0.2) is 26.0 Å². The van der Waals surface area contributed by atoms with E-state index in [-0.39, 0.29) is 38.9 Å². The molecule has 0 aliphatic carbocycles. The maximum absolute atomic E-state index is 12.5. The lowest BCUT2D eigenvalue weighted by molar-refractivity contribution is 0.0697. The van der Waals surface area contributed by atoms with E-state index < -0.39 is 21.4 Å². The van der Waals surface area contributed by atoms with Gasteiger partial charge in [-0.2, -0.15) is 0 Å². The van der Waals surface area contributed by atoms with Crippen LogP contribution in [0, 0.1) is 0 Å². The summed E-state index contributed by atoms with van der Waals surface area (Å²) >= 11 is 0. The molecule has 0 saturated carbocycles. The Morgan fingerprint density at radius 3 is 2.54 bits per heavy atom. The summed E-state index contributed by atoms with van der Waals surface area (Å²) in [5, 5.41) is 9.33. The predicted octanol–water partition coefficient (Wildman–Crippen LogP) is 1.94. The van der Waals surface area contributed by atoms with E-state index in [9.17, 15) is 18.0 Å². The van der Waals surface area contributed by atoms with Crippen LogP contribution in [0.1, 0.15) is 17.3 Å². The normalized spacial score (nSPS) is 11.9. The molecule has 24 heavy (non-hydrogen) atoms. The zero-order valence-electron chi connectivity index (χ0n) is 12.6. The minimum atomic E-state index is -3.68. The van der Waals surface area contributed by atoms with E-state index >= 15 is 0 Å². The van der Waals surface area contributed by atoms with Gasteiger partial charge < -0.3 is 9.52 Å². The molecule has 1 heterocycles. The number of aromatic carboxylic acids is 1. The van der Waals surface area contributed by atoms with E-state index in [4.69, 9.17) is 9.52 Å². The number of carboxylic acids is 1. The first-order valence-electron chi connectivity index (χ1n) is 7.07. The number of sulfonamides is 1. The predicted molar refractivity (Wildman–Crippen MR) is 87.8 cm³/mol. The van der Waals surface area contributed by atoms with Crippen molar-refractivity contribution in [2.24, 2.45) is 0 Å². The Hall–Kier alpha value is -2.71. The van der Waals surface area contributed by atoms with Gasteiger partial charge in [0.05, 0.1) is 21.2 Å². The van der Waals surface area contributed by atoms with Crippen molar-refractivity contribution in [1.82, 2.24) is 4.72 Å². The summed E-state index contributed by atoms with van der Waals surface area (Å²) < 4.78 is 32.0. The number of hydrogen-bond acceptors (Lipinski definition) is 5. The molecule has 3 rings (SSSR count). The zero-order chi connectivity index (χ0) is 17.5. The number of benzene rings is 2. The summed E-state index contributed by atoms with van der Waals surface area (Å²) in [6.45, 7) is 1.90. The van der Waals surface area contributed by atoms with Gasteiger partial charge in [-0.15, -0.1) is 0 Å². The van der Waals surface area contributed by atoms with Crippen LogP contribution >= 0.6 is 0 Å². The highest BCUT2D eigenvalue weighted by Gasteiger charge is 2.16.